The summed E-state index contributed by atoms with van der Waals surface area (Å²) in [5.74, 6) is 0.772. The van der Waals surface area contributed by atoms with Gasteiger partial charge in [0.2, 0.25) is 0 Å². The molecule has 1 fully saturated rings. The van der Waals surface area contributed by atoms with Crippen molar-refractivity contribution in [2.24, 2.45) is 0 Å². The summed E-state index contributed by atoms with van der Waals surface area (Å²) in [5, 5.41) is 4.01. The fourth-order valence-corrected chi connectivity index (χ4v) is 4.02. The van der Waals surface area contributed by atoms with Gasteiger partial charge in [0.15, 0.2) is 0 Å². The van der Waals surface area contributed by atoms with Crippen molar-refractivity contribution in [3.8, 4) is 5.75 Å². The number of carbonyl (C=O) groups is 1. The molecule has 0 radical (unpaired) electrons. The lowest BCUT2D eigenvalue weighted by Crippen LogP contribution is -2.43. The molecule has 1 amide bonds. The van der Waals surface area contributed by atoms with Gasteiger partial charge in [-0.2, -0.15) is 0 Å². The van der Waals surface area contributed by atoms with Crippen LogP contribution in [0.15, 0.2) is 24.3 Å². The van der Waals surface area contributed by atoms with Crippen molar-refractivity contribution in [2.75, 3.05) is 40.0 Å². The Morgan fingerprint density at radius 3 is 2.58 bits per heavy atom. The Morgan fingerprint density at radius 2 is 2.00 bits per heavy atom. The number of amides is 1. The smallest absolute Gasteiger partial charge is 0.263 e. The first kappa shape index (κ1) is 18.8. The van der Waals surface area contributed by atoms with Gasteiger partial charge in [-0.15, -0.1) is 11.3 Å². The van der Waals surface area contributed by atoms with Crippen LogP contribution in [0.25, 0.3) is 0 Å². The van der Waals surface area contributed by atoms with E-state index in [2.05, 4.69) is 27.3 Å². The molecule has 0 aliphatic carbocycles. The van der Waals surface area contributed by atoms with E-state index in [4.69, 9.17) is 9.47 Å². The van der Waals surface area contributed by atoms with Gasteiger partial charge >= 0.3 is 0 Å². The number of nitrogens with zero attached hydrogens (tertiary/aromatic N) is 2. The van der Waals surface area contributed by atoms with Crippen LogP contribution in [0, 0.1) is 13.8 Å². The van der Waals surface area contributed by atoms with E-state index in [0.29, 0.717) is 24.6 Å². The number of methoxy groups -OCH3 is 1. The number of hydrogen-bond donors (Lipinski definition) is 1. The third-order valence-corrected chi connectivity index (χ3v) is 5.62. The predicted octanol–water partition coefficient (Wildman–Crippen LogP) is 2.57. The second-order valence-corrected chi connectivity index (χ2v) is 7.50. The van der Waals surface area contributed by atoms with Crippen LogP contribution in [0.1, 0.15) is 32.0 Å². The molecule has 140 valence electrons. The summed E-state index contributed by atoms with van der Waals surface area (Å²) in [5.41, 5.74) is 1.95. The number of carbonyl (C=O) groups excluding carboxylic acids is 1. The summed E-state index contributed by atoms with van der Waals surface area (Å²) in [6, 6.07) is 8.14. The Bertz CT molecular complexity index is 739. The second-order valence-electron chi connectivity index (χ2n) is 6.29. The largest absolute Gasteiger partial charge is 0.497 e. The van der Waals surface area contributed by atoms with E-state index in [1.54, 1.807) is 7.11 Å². The minimum absolute atomic E-state index is 0.0557. The number of benzene rings is 1. The molecule has 3 rings (SSSR count). The number of hydrogen-bond acceptors (Lipinski definition) is 6. The summed E-state index contributed by atoms with van der Waals surface area (Å²) in [6.45, 7) is 7.48. The quantitative estimate of drug-likeness (QED) is 0.841. The van der Waals surface area contributed by atoms with Crippen molar-refractivity contribution in [1.29, 1.82) is 0 Å². The molecule has 1 aromatic carbocycles. The molecule has 1 aromatic heterocycles. The number of thiazole rings is 1. The van der Waals surface area contributed by atoms with Gasteiger partial charge in [-0.1, -0.05) is 12.1 Å². The lowest BCUT2D eigenvalue weighted by molar-refractivity contribution is 0.0162. The molecular formula is C19H25N3O3S. The third-order valence-electron chi connectivity index (χ3n) is 4.55. The maximum absolute atomic E-state index is 12.6. The van der Waals surface area contributed by atoms with Gasteiger partial charge in [0.05, 0.1) is 37.1 Å². The van der Waals surface area contributed by atoms with E-state index in [1.165, 1.54) is 11.3 Å². The van der Waals surface area contributed by atoms with Crippen molar-refractivity contribution in [3.63, 3.8) is 0 Å². The van der Waals surface area contributed by atoms with Gasteiger partial charge in [0, 0.05) is 19.6 Å². The third kappa shape index (κ3) is 4.41. The maximum Gasteiger partial charge on any atom is 0.263 e. The van der Waals surface area contributed by atoms with Crippen LogP contribution in [-0.2, 0) is 4.74 Å². The fraction of sp³-hybridized carbons (Fsp3) is 0.474. The Morgan fingerprint density at radius 1 is 1.31 bits per heavy atom. The fourth-order valence-electron chi connectivity index (χ4n) is 3.18. The van der Waals surface area contributed by atoms with Gasteiger partial charge in [0.1, 0.15) is 10.6 Å². The van der Waals surface area contributed by atoms with E-state index in [1.807, 2.05) is 26.0 Å². The van der Waals surface area contributed by atoms with E-state index < -0.39 is 0 Å². The molecule has 26 heavy (non-hydrogen) atoms. The first-order valence-corrected chi connectivity index (χ1v) is 9.58. The first-order valence-electron chi connectivity index (χ1n) is 8.76. The average molecular weight is 375 g/mol. The van der Waals surface area contributed by atoms with Gasteiger partial charge in [-0.05, 0) is 31.5 Å². The normalized spacial score (nSPS) is 16.3. The molecule has 0 saturated carbocycles. The van der Waals surface area contributed by atoms with Gasteiger partial charge in [-0.3, -0.25) is 9.69 Å². The SMILES string of the molecule is COc1ccc([C@@H](CNC(=O)c2sc(C)nc2C)N2CCOCC2)cc1. The molecule has 0 bridgehead atoms. The van der Waals surface area contributed by atoms with Crippen LogP contribution in [0.2, 0.25) is 0 Å². The summed E-state index contributed by atoms with van der Waals surface area (Å²) in [7, 11) is 1.66. The zero-order valence-electron chi connectivity index (χ0n) is 15.4. The number of nitrogens with one attached hydrogen (secondary N) is 1. The zero-order chi connectivity index (χ0) is 18.5. The van der Waals surface area contributed by atoms with Gasteiger partial charge < -0.3 is 14.8 Å². The van der Waals surface area contributed by atoms with E-state index in [9.17, 15) is 4.79 Å². The van der Waals surface area contributed by atoms with Crippen molar-refractivity contribution in [1.82, 2.24) is 15.2 Å². The molecule has 1 aliphatic rings. The summed E-state index contributed by atoms with van der Waals surface area (Å²) < 4.78 is 10.7. The van der Waals surface area contributed by atoms with Crippen LogP contribution in [0.3, 0.4) is 0 Å². The van der Waals surface area contributed by atoms with Crippen molar-refractivity contribution in [3.05, 3.63) is 45.4 Å². The van der Waals surface area contributed by atoms with E-state index >= 15 is 0 Å². The lowest BCUT2D eigenvalue weighted by atomic mass is 10.0. The zero-order valence-corrected chi connectivity index (χ0v) is 16.3. The van der Waals surface area contributed by atoms with Crippen molar-refractivity contribution >= 4 is 17.2 Å². The first-order chi connectivity index (χ1) is 12.6. The van der Waals surface area contributed by atoms with Crippen LogP contribution in [0.5, 0.6) is 5.75 Å². The van der Waals surface area contributed by atoms with Crippen LogP contribution in [-0.4, -0.2) is 55.7 Å². The molecule has 1 saturated heterocycles. The topological polar surface area (TPSA) is 63.7 Å². The Kier molecular flexibility index (Phi) is 6.24. The molecule has 1 N–H and O–H groups in total. The van der Waals surface area contributed by atoms with Crippen LogP contribution in [0.4, 0.5) is 0 Å². The Hall–Kier alpha value is -1.96. The molecule has 6 nitrogen and oxygen atoms in total. The number of rotatable bonds is 6. The van der Waals surface area contributed by atoms with Crippen molar-refractivity contribution < 1.29 is 14.3 Å². The van der Waals surface area contributed by atoms with Gasteiger partial charge in [-0.25, -0.2) is 4.98 Å². The van der Waals surface area contributed by atoms with Crippen LogP contribution >= 0.6 is 11.3 Å². The molecule has 2 aromatic rings. The van der Waals surface area contributed by atoms with Gasteiger partial charge in [0.25, 0.3) is 5.91 Å². The maximum atomic E-state index is 12.6. The minimum atomic E-state index is -0.0557. The average Bonchev–Trinajstić information content (AvgIpc) is 3.01. The lowest BCUT2D eigenvalue weighted by Gasteiger charge is -2.35. The molecular weight excluding hydrogens is 350 g/mol. The number of morpholine rings is 1. The highest BCUT2D eigenvalue weighted by Gasteiger charge is 2.24. The molecule has 1 aliphatic heterocycles. The second kappa shape index (κ2) is 8.62. The highest BCUT2D eigenvalue weighted by atomic mass is 32.1. The molecule has 1 atom stereocenters. The van der Waals surface area contributed by atoms with Crippen molar-refractivity contribution in [2.45, 2.75) is 19.9 Å². The van der Waals surface area contributed by atoms with Crippen LogP contribution < -0.4 is 10.1 Å². The highest BCUT2D eigenvalue weighted by Crippen LogP contribution is 2.24. The number of aryl methyl sites for hydroxylation is 2. The highest BCUT2D eigenvalue weighted by molar-refractivity contribution is 7.13. The summed E-state index contributed by atoms with van der Waals surface area (Å²) >= 11 is 1.44. The molecule has 7 heteroatoms. The summed E-state index contributed by atoms with van der Waals surface area (Å²) in [4.78, 5) is 20.0. The summed E-state index contributed by atoms with van der Waals surface area (Å²) in [6.07, 6.45) is 0. The Balaban J connectivity index is 1.74. The number of aromatic nitrogens is 1. The number of ether oxygens (including phenoxy) is 2. The molecule has 0 spiro atoms. The Labute approximate surface area is 158 Å². The predicted molar refractivity (Wildman–Crippen MR) is 102 cm³/mol. The standard InChI is InChI=1S/C19H25N3O3S/c1-13-18(26-14(2)21-13)19(23)20-12-17(22-8-10-25-11-9-22)15-4-6-16(24-3)7-5-15/h4-7,17H,8-12H2,1-3H3,(H,20,23)/t17-/m1/s1. The molecule has 0 unspecified atom stereocenters. The monoisotopic (exact) mass is 375 g/mol. The van der Waals surface area contributed by atoms with E-state index in [0.717, 1.165) is 35.1 Å². The molecule has 2 heterocycles. The van der Waals surface area contributed by atoms with E-state index in [-0.39, 0.29) is 11.9 Å². The minimum Gasteiger partial charge on any atom is -0.497 e.